The van der Waals surface area contributed by atoms with Crippen LogP contribution in [-0.2, 0) is 0 Å². The van der Waals surface area contributed by atoms with E-state index in [1.807, 2.05) is 24.3 Å². The van der Waals surface area contributed by atoms with Crippen LogP contribution in [0.1, 0.15) is 16.1 Å². The molecule has 0 aliphatic rings. The zero-order valence-corrected chi connectivity index (χ0v) is 14.7. The minimum Gasteiger partial charge on any atom is -0.455 e. The minimum absolute atomic E-state index is 0.309. The van der Waals surface area contributed by atoms with Crippen LogP contribution in [0.4, 0.5) is 0 Å². The van der Waals surface area contributed by atoms with Crippen molar-refractivity contribution in [3.63, 3.8) is 0 Å². The zero-order chi connectivity index (χ0) is 16.9. The predicted octanol–water partition coefficient (Wildman–Crippen LogP) is 5.13. The number of nitrogens with zero attached hydrogens (tertiary/aromatic N) is 1. The highest BCUT2D eigenvalue weighted by atomic mass is 79.9. The number of hydrazone groups is 1. The first kappa shape index (κ1) is 16.5. The molecule has 1 N–H and O–H groups in total. The number of halogens is 2. The number of carbonyl (C=O) groups is 1. The van der Waals surface area contributed by atoms with E-state index in [1.165, 1.54) is 6.21 Å². The summed E-state index contributed by atoms with van der Waals surface area (Å²) in [5.74, 6) is 0.841. The van der Waals surface area contributed by atoms with Gasteiger partial charge in [0.1, 0.15) is 11.5 Å². The summed E-state index contributed by atoms with van der Waals surface area (Å²) in [6, 6.07) is 18.1. The standard InChI is InChI=1S/C18H12BrClN2O2/c19-15-7-3-1-5-13(15)18(23)22-21-11-12-9-10-17(24-12)14-6-2-4-8-16(14)20/h1-11H,(H,22,23)/b21-11-. The third-order valence-corrected chi connectivity index (χ3v) is 4.26. The summed E-state index contributed by atoms with van der Waals surface area (Å²) in [6.07, 6.45) is 1.44. The third-order valence-electron chi connectivity index (χ3n) is 3.24. The fourth-order valence-electron chi connectivity index (χ4n) is 2.09. The normalized spacial score (nSPS) is 10.9. The molecule has 2 aromatic carbocycles. The van der Waals surface area contributed by atoms with Crippen LogP contribution in [0.5, 0.6) is 0 Å². The van der Waals surface area contributed by atoms with Gasteiger partial charge in [0, 0.05) is 10.0 Å². The van der Waals surface area contributed by atoms with Gasteiger partial charge in [-0.25, -0.2) is 5.43 Å². The van der Waals surface area contributed by atoms with Gasteiger partial charge in [-0.15, -0.1) is 0 Å². The quantitative estimate of drug-likeness (QED) is 0.485. The number of hydrogen-bond donors (Lipinski definition) is 1. The van der Waals surface area contributed by atoms with E-state index in [1.54, 1.807) is 36.4 Å². The maximum atomic E-state index is 12.0. The van der Waals surface area contributed by atoms with Crippen LogP contribution in [0.25, 0.3) is 11.3 Å². The maximum Gasteiger partial charge on any atom is 0.272 e. The van der Waals surface area contributed by atoms with E-state index in [0.29, 0.717) is 26.6 Å². The summed E-state index contributed by atoms with van der Waals surface area (Å²) in [7, 11) is 0. The van der Waals surface area contributed by atoms with E-state index in [4.69, 9.17) is 16.0 Å². The average Bonchev–Trinajstić information content (AvgIpc) is 3.04. The number of nitrogens with one attached hydrogen (secondary N) is 1. The van der Waals surface area contributed by atoms with Crippen molar-refractivity contribution >= 4 is 39.7 Å². The number of furan rings is 1. The molecule has 0 unspecified atom stereocenters. The van der Waals surface area contributed by atoms with Gasteiger partial charge in [0.05, 0.1) is 16.8 Å². The molecule has 3 rings (SSSR count). The number of rotatable bonds is 4. The van der Waals surface area contributed by atoms with Crippen LogP contribution in [0.15, 0.2) is 74.7 Å². The van der Waals surface area contributed by atoms with E-state index in [0.717, 1.165) is 5.56 Å². The van der Waals surface area contributed by atoms with Crippen LogP contribution in [0.3, 0.4) is 0 Å². The molecular weight excluding hydrogens is 392 g/mol. The van der Waals surface area contributed by atoms with Crippen molar-refractivity contribution in [3.05, 3.63) is 81.5 Å². The topological polar surface area (TPSA) is 54.6 Å². The molecule has 0 saturated heterocycles. The first-order valence-electron chi connectivity index (χ1n) is 7.08. The van der Waals surface area contributed by atoms with Gasteiger partial charge in [-0.3, -0.25) is 4.79 Å². The molecule has 0 saturated carbocycles. The summed E-state index contributed by atoms with van der Waals surface area (Å²) in [6.45, 7) is 0. The summed E-state index contributed by atoms with van der Waals surface area (Å²) >= 11 is 9.47. The van der Waals surface area contributed by atoms with Crippen molar-refractivity contribution < 1.29 is 9.21 Å². The molecule has 24 heavy (non-hydrogen) atoms. The van der Waals surface area contributed by atoms with E-state index < -0.39 is 0 Å². The Morgan fingerprint density at radius 1 is 1.08 bits per heavy atom. The fraction of sp³-hybridized carbons (Fsp3) is 0. The Labute approximate surface area is 152 Å². The molecule has 0 fully saturated rings. The van der Waals surface area contributed by atoms with Gasteiger partial charge in [0.25, 0.3) is 5.91 Å². The van der Waals surface area contributed by atoms with Crippen LogP contribution < -0.4 is 5.43 Å². The van der Waals surface area contributed by atoms with Gasteiger partial charge in [-0.1, -0.05) is 35.9 Å². The second-order valence-electron chi connectivity index (χ2n) is 4.86. The predicted molar refractivity (Wildman–Crippen MR) is 98.4 cm³/mol. The van der Waals surface area contributed by atoms with Gasteiger partial charge in [-0.2, -0.15) is 5.10 Å². The smallest absolute Gasteiger partial charge is 0.272 e. The molecule has 4 nitrogen and oxygen atoms in total. The molecule has 0 atom stereocenters. The Kier molecular flexibility index (Phi) is 5.13. The van der Waals surface area contributed by atoms with Gasteiger partial charge in [-0.05, 0) is 52.3 Å². The molecule has 3 aromatic rings. The Morgan fingerprint density at radius 2 is 1.83 bits per heavy atom. The van der Waals surface area contributed by atoms with E-state index >= 15 is 0 Å². The summed E-state index contributed by atoms with van der Waals surface area (Å²) in [5, 5.41) is 4.53. The molecule has 6 heteroatoms. The largest absolute Gasteiger partial charge is 0.455 e. The lowest BCUT2D eigenvalue weighted by Gasteiger charge is -2.01. The summed E-state index contributed by atoms with van der Waals surface area (Å²) < 4.78 is 6.37. The Hall–Kier alpha value is -2.37. The molecule has 0 aliphatic heterocycles. The van der Waals surface area contributed by atoms with Gasteiger partial charge < -0.3 is 4.42 Å². The third kappa shape index (κ3) is 3.75. The highest BCUT2D eigenvalue weighted by molar-refractivity contribution is 9.10. The number of hydrogen-bond acceptors (Lipinski definition) is 3. The van der Waals surface area contributed by atoms with Crippen molar-refractivity contribution in [2.45, 2.75) is 0 Å². The second kappa shape index (κ2) is 7.47. The molecule has 1 amide bonds. The van der Waals surface area contributed by atoms with Crippen molar-refractivity contribution in [2.75, 3.05) is 0 Å². The number of benzene rings is 2. The lowest BCUT2D eigenvalue weighted by molar-refractivity contribution is 0.0954. The molecule has 0 aliphatic carbocycles. The van der Waals surface area contributed by atoms with Crippen molar-refractivity contribution in [2.24, 2.45) is 5.10 Å². The molecule has 0 bridgehead atoms. The fourth-order valence-corrected chi connectivity index (χ4v) is 2.78. The average molecular weight is 404 g/mol. The van der Waals surface area contributed by atoms with Crippen LogP contribution in [0, 0.1) is 0 Å². The van der Waals surface area contributed by atoms with Crippen LogP contribution in [-0.4, -0.2) is 12.1 Å². The SMILES string of the molecule is O=C(N/N=C\c1ccc(-c2ccccc2Cl)o1)c1ccccc1Br. The Bertz CT molecular complexity index is 905. The minimum atomic E-state index is -0.309. The highest BCUT2D eigenvalue weighted by Gasteiger charge is 2.09. The lowest BCUT2D eigenvalue weighted by Crippen LogP contribution is -2.17. The Morgan fingerprint density at radius 3 is 2.62 bits per heavy atom. The van der Waals surface area contributed by atoms with Crippen LogP contribution >= 0.6 is 27.5 Å². The first-order valence-corrected chi connectivity index (χ1v) is 8.25. The highest BCUT2D eigenvalue weighted by Crippen LogP contribution is 2.28. The number of carbonyl (C=O) groups excluding carboxylic acids is 1. The van der Waals surface area contributed by atoms with Crippen molar-refractivity contribution in [3.8, 4) is 11.3 Å². The van der Waals surface area contributed by atoms with Gasteiger partial charge in [0.2, 0.25) is 0 Å². The van der Waals surface area contributed by atoms with E-state index in [2.05, 4.69) is 26.5 Å². The first-order chi connectivity index (χ1) is 11.6. The van der Waals surface area contributed by atoms with Crippen molar-refractivity contribution in [1.29, 1.82) is 0 Å². The monoisotopic (exact) mass is 402 g/mol. The molecule has 1 aromatic heterocycles. The van der Waals surface area contributed by atoms with E-state index in [9.17, 15) is 4.79 Å². The summed E-state index contributed by atoms with van der Waals surface area (Å²) in [5.41, 5.74) is 3.77. The zero-order valence-electron chi connectivity index (χ0n) is 12.4. The summed E-state index contributed by atoms with van der Waals surface area (Å²) in [4.78, 5) is 12.0. The second-order valence-corrected chi connectivity index (χ2v) is 6.12. The van der Waals surface area contributed by atoms with Crippen LogP contribution in [0.2, 0.25) is 5.02 Å². The Balaban J connectivity index is 1.69. The van der Waals surface area contributed by atoms with Gasteiger partial charge >= 0.3 is 0 Å². The maximum absolute atomic E-state index is 12.0. The molecular formula is C18H12BrClN2O2. The van der Waals surface area contributed by atoms with Gasteiger partial charge in [0.15, 0.2) is 0 Å². The molecule has 0 radical (unpaired) electrons. The van der Waals surface area contributed by atoms with E-state index in [-0.39, 0.29) is 5.91 Å². The lowest BCUT2D eigenvalue weighted by atomic mass is 10.2. The molecule has 120 valence electrons. The number of amides is 1. The molecule has 1 heterocycles. The van der Waals surface area contributed by atoms with Crippen molar-refractivity contribution in [1.82, 2.24) is 5.43 Å². The molecule has 0 spiro atoms.